The predicted molar refractivity (Wildman–Crippen MR) is 93.7 cm³/mol. The number of nitrogens with one attached hydrogen (secondary N) is 1. The molecule has 0 amide bonds. The van der Waals surface area contributed by atoms with Crippen LogP contribution in [0.2, 0.25) is 0 Å². The smallest absolute Gasteiger partial charge is 0.228 e. The molecule has 1 saturated heterocycles. The molecular weight excluding hydrogens is 316 g/mol. The van der Waals surface area contributed by atoms with Gasteiger partial charge in [0.25, 0.3) is 0 Å². The van der Waals surface area contributed by atoms with Gasteiger partial charge in [-0.05, 0) is 25.5 Å². The van der Waals surface area contributed by atoms with E-state index in [1.807, 2.05) is 19.1 Å². The van der Waals surface area contributed by atoms with Gasteiger partial charge in [0.15, 0.2) is 0 Å². The van der Waals surface area contributed by atoms with Crippen molar-refractivity contribution >= 4 is 17.7 Å². The van der Waals surface area contributed by atoms with Crippen LogP contribution >= 0.6 is 0 Å². The highest BCUT2D eigenvalue weighted by atomic mass is 15.3. The van der Waals surface area contributed by atoms with Gasteiger partial charge in [-0.15, -0.1) is 0 Å². The van der Waals surface area contributed by atoms with Gasteiger partial charge >= 0.3 is 0 Å². The number of rotatable bonds is 4. The number of hydrogen-bond acceptors (Lipinski definition) is 8. The van der Waals surface area contributed by atoms with Crippen LogP contribution in [-0.4, -0.2) is 43.0 Å². The Kier molecular flexibility index (Phi) is 4.16. The maximum absolute atomic E-state index is 4.67. The Hall–Kier alpha value is -3.16. The maximum atomic E-state index is 4.67. The minimum Gasteiger partial charge on any atom is -0.340 e. The Bertz CT molecular complexity index is 840. The third-order valence-electron chi connectivity index (χ3n) is 4.07. The zero-order valence-corrected chi connectivity index (χ0v) is 13.9. The fraction of sp³-hybridized carbons (Fsp3) is 0.294. The molecule has 126 valence electrons. The molecule has 1 N–H and O–H groups in total. The summed E-state index contributed by atoms with van der Waals surface area (Å²) >= 11 is 0. The van der Waals surface area contributed by atoms with Crippen molar-refractivity contribution in [3.05, 3.63) is 54.5 Å². The minimum absolute atomic E-state index is 0.251. The van der Waals surface area contributed by atoms with Gasteiger partial charge < -0.3 is 10.2 Å². The number of hydrogen-bond donors (Lipinski definition) is 1. The lowest BCUT2D eigenvalue weighted by atomic mass is 10.1. The molecular formula is C17H18N8. The summed E-state index contributed by atoms with van der Waals surface area (Å²) in [5.74, 6) is 3.08. The first-order chi connectivity index (χ1) is 12.3. The molecule has 3 aromatic rings. The summed E-state index contributed by atoms with van der Waals surface area (Å²) in [5, 5.41) is 3.14. The highest BCUT2D eigenvalue weighted by Gasteiger charge is 2.28. The molecule has 0 spiro atoms. The predicted octanol–water partition coefficient (Wildman–Crippen LogP) is 2.10. The summed E-state index contributed by atoms with van der Waals surface area (Å²) < 4.78 is 0. The molecule has 8 nitrogen and oxygen atoms in total. The van der Waals surface area contributed by atoms with Crippen molar-refractivity contribution in [2.75, 3.05) is 23.3 Å². The molecule has 1 aliphatic rings. The van der Waals surface area contributed by atoms with Crippen LogP contribution < -0.4 is 10.2 Å². The molecule has 4 rings (SSSR count). The van der Waals surface area contributed by atoms with E-state index in [0.717, 1.165) is 37.0 Å². The molecule has 3 aromatic heterocycles. The molecule has 8 heteroatoms. The van der Waals surface area contributed by atoms with E-state index >= 15 is 0 Å². The van der Waals surface area contributed by atoms with Gasteiger partial charge in [-0.25, -0.2) is 29.9 Å². The number of aromatic nitrogens is 6. The Morgan fingerprint density at radius 1 is 1.00 bits per heavy atom. The maximum Gasteiger partial charge on any atom is 0.228 e. The number of nitrogens with zero attached hydrogens (tertiary/aromatic N) is 7. The molecule has 0 bridgehead atoms. The van der Waals surface area contributed by atoms with Gasteiger partial charge in [0.05, 0.1) is 0 Å². The Morgan fingerprint density at radius 3 is 2.48 bits per heavy atom. The van der Waals surface area contributed by atoms with E-state index in [-0.39, 0.29) is 5.92 Å². The largest absolute Gasteiger partial charge is 0.340 e. The zero-order chi connectivity index (χ0) is 17.1. The summed E-state index contributed by atoms with van der Waals surface area (Å²) in [4.78, 5) is 28.5. The normalized spacial score (nSPS) is 16.8. The van der Waals surface area contributed by atoms with Crippen molar-refractivity contribution in [2.45, 2.75) is 19.3 Å². The van der Waals surface area contributed by atoms with Gasteiger partial charge in [0.1, 0.15) is 11.6 Å². The fourth-order valence-corrected chi connectivity index (χ4v) is 2.92. The highest BCUT2D eigenvalue weighted by Crippen LogP contribution is 2.28. The van der Waals surface area contributed by atoms with E-state index in [1.54, 1.807) is 30.9 Å². The molecule has 0 saturated carbocycles. The first kappa shape index (κ1) is 15.4. The second kappa shape index (κ2) is 6.76. The van der Waals surface area contributed by atoms with Crippen LogP contribution in [0.5, 0.6) is 0 Å². The van der Waals surface area contributed by atoms with Gasteiger partial charge in [-0.3, -0.25) is 0 Å². The third-order valence-corrected chi connectivity index (χ3v) is 4.07. The van der Waals surface area contributed by atoms with Gasteiger partial charge in [-0.2, -0.15) is 0 Å². The molecule has 0 unspecified atom stereocenters. The lowest BCUT2D eigenvalue weighted by Gasteiger charge is -2.16. The van der Waals surface area contributed by atoms with Gasteiger partial charge in [0.2, 0.25) is 11.9 Å². The van der Waals surface area contributed by atoms with Crippen molar-refractivity contribution < 1.29 is 0 Å². The van der Waals surface area contributed by atoms with Crippen LogP contribution in [0, 0.1) is 6.92 Å². The van der Waals surface area contributed by atoms with E-state index in [4.69, 9.17) is 0 Å². The molecule has 1 atom stereocenters. The topological polar surface area (TPSA) is 92.6 Å². The Morgan fingerprint density at radius 2 is 1.72 bits per heavy atom. The molecule has 0 radical (unpaired) electrons. The van der Waals surface area contributed by atoms with E-state index in [9.17, 15) is 0 Å². The standard InChI is InChI=1S/C17H18N8/c1-12-10-14(24-16-18-5-2-6-19-16)23-15(22-12)13-4-9-25(11-13)17-20-7-3-8-21-17/h2-3,5-8,10,13H,4,9,11H2,1H3,(H,18,19,22,23,24)/t13-/m0/s1. The first-order valence-electron chi connectivity index (χ1n) is 8.19. The molecule has 1 fully saturated rings. The summed E-state index contributed by atoms with van der Waals surface area (Å²) in [6, 6.07) is 5.50. The molecule has 4 heterocycles. The van der Waals surface area contributed by atoms with Crippen molar-refractivity contribution in [1.29, 1.82) is 0 Å². The number of aryl methyl sites for hydroxylation is 1. The van der Waals surface area contributed by atoms with Crippen molar-refractivity contribution in [3.63, 3.8) is 0 Å². The Balaban J connectivity index is 1.53. The average molecular weight is 334 g/mol. The second-order valence-electron chi connectivity index (χ2n) is 5.93. The quantitative estimate of drug-likeness (QED) is 0.775. The van der Waals surface area contributed by atoms with Crippen LogP contribution in [0.1, 0.15) is 23.9 Å². The van der Waals surface area contributed by atoms with Crippen LogP contribution in [0.25, 0.3) is 0 Å². The van der Waals surface area contributed by atoms with Crippen molar-refractivity contribution in [3.8, 4) is 0 Å². The summed E-state index contributed by atoms with van der Waals surface area (Å²) in [7, 11) is 0. The average Bonchev–Trinajstić information content (AvgIpc) is 3.13. The molecule has 1 aliphatic heterocycles. The van der Waals surface area contributed by atoms with Crippen molar-refractivity contribution in [1.82, 2.24) is 29.9 Å². The lowest BCUT2D eigenvalue weighted by Crippen LogP contribution is -2.22. The summed E-state index contributed by atoms with van der Waals surface area (Å²) in [6.45, 7) is 3.68. The monoisotopic (exact) mass is 334 g/mol. The van der Waals surface area contributed by atoms with Crippen molar-refractivity contribution in [2.24, 2.45) is 0 Å². The van der Waals surface area contributed by atoms with Crippen LogP contribution in [0.15, 0.2) is 43.0 Å². The molecule has 25 heavy (non-hydrogen) atoms. The van der Waals surface area contributed by atoms with Gasteiger partial charge in [0, 0.05) is 55.6 Å². The van der Waals surface area contributed by atoms with E-state index in [0.29, 0.717) is 11.8 Å². The third kappa shape index (κ3) is 3.52. The van der Waals surface area contributed by atoms with E-state index in [2.05, 4.69) is 40.1 Å². The first-order valence-corrected chi connectivity index (χ1v) is 8.19. The van der Waals surface area contributed by atoms with Gasteiger partial charge in [-0.1, -0.05) is 0 Å². The summed E-state index contributed by atoms with van der Waals surface area (Å²) in [6.07, 6.45) is 7.89. The minimum atomic E-state index is 0.251. The Labute approximate surface area is 145 Å². The zero-order valence-electron chi connectivity index (χ0n) is 13.9. The van der Waals surface area contributed by atoms with E-state index < -0.39 is 0 Å². The fourth-order valence-electron chi connectivity index (χ4n) is 2.92. The lowest BCUT2D eigenvalue weighted by molar-refractivity contribution is 0.704. The molecule has 0 aromatic carbocycles. The summed E-state index contributed by atoms with van der Waals surface area (Å²) in [5.41, 5.74) is 0.915. The van der Waals surface area contributed by atoms with E-state index in [1.165, 1.54) is 0 Å². The number of anilines is 3. The van der Waals surface area contributed by atoms with Crippen LogP contribution in [-0.2, 0) is 0 Å². The SMILES string of the molecule is Cc1cc(Nc2ncccn2)nc([C@H]2CCN(c3ncccn3)C2)n1. The second-order valence-corrected chi connectivity index (χ2v) is 5.93. The highest BCUT2D eigenvalue weighted by molar-refractivity contribution is 5.48. The molecule has 0 aliphatic carbocycles. The van der Waals surface area contributed by atoms with Crippen LogP contribution in [0.3, 0.4) is 0 Å². The van der Waals surface area contributed by atoms with Crippen LogP contribution in [0.4, 0.5) is 17.7 Å².